The Morgan fingerprint density at radius 3 is 1.57 bits per heavy atom. The minimum absolute atomic E-state index is 0.213. The van der Waals surface area contributed by atoms with E-state index in [0.717, 1.165) is 34.2 Å². The van der Waals surface area contributed by atoms with Gasteiger partial charge in [0, 0.05) is 11.1 Å². The van der Waals surface area contributed by atoms with Gasteiger partial charge in [0.25, 0.3) is 0 Å². The van der Waals surface area contributed by atoms with E-state index in [-0.39, 0.29) is 13.2 Å². The molecule has 5 aliphatic heterocycles. The Morgan fingerprint density at radius 1 is 0.536 bits per heavy atom. The predicted octanol–water partition coefficient (Wildman–Crippen LogP) is 2.30. The lowest BCUT2D eigenvalue weighted by molar-refractivity contribution is 0.318. The lowest BCUT2D eigenvalue weighted by atomic mass is 10.0. The Bertz CT molecular complexity index is 1160. The number of rotatable bonds is 2. The van der Waals surface area contributed by atoms with E-state index in [1.54, 1.807) is 0 Å². The molecule has 6 heteroatoms. The van der Waals surface area contributed by atoms with Crippen LogP contribution in [0.5, 0.6) is 0 Å². The molecule has 2 N–H and O–H groups in total. The van der Waals surface area contributed by atoms with Gasteiger partial charge in [0.1, 0.15) is 0 Å². The van der Waals surface area contributed by atoms with Gasteiger partial charge in [-0.15, -0.1) is 0 Å². The van der Waals surface area contributed by atoms with Crippen molar-refractivity contribution in [1.82, 2.24) is 0 Å². The highest BCUT2D eigenvalue weighted by Gasteiger charge is 2.23. The number of aliphatic hydroxyl groups excluding tert-OH is 2. The van der Waals surface area contributed by atoms with Gasteiger partial charge in [-0.05, 0) is 60.8 Å². The lowest BCUT2D eigenvalue weighted by Gasteiger charge is -2.03. The Labute approximate surface area is 161 Å². The van der Waals surface area contributed by atoms with Crippen molar-refractivity contribution >= 4 is 22.8 Å². The molecule has 0 unspecified atom stereocenters. The van der Waals surface area contributed by atoms with Crippen molar-refractivity contribution < 1.29 is 10.2 Å². The molecule has 0 amide bonds. The average molecular weight is 368 g/mol. The summed E-state index contributed by atoms with van der Waals surface area (Å²) in [5, 5.41) is 19.7. The van der Waals surface area contributed by atoms with E-state index in [9.17, 15) is 10.2 Å². The zero-order valence-electron chi connectivity index (χ0n) is 14.9. The molecule has 0 fully saturated rings. The smallest absolute Gasteiger partial charge is 0.0718 e. The molecule has 0 aliphatic carbocycles. The Balaban J connectivity index is 1.69. The van der Waals surface area contributed by atoms with Crippen LogP contribution >= 0.6 is 0 Å². The second kappa shape index (κ2) is 6.60. The average Bonchev–Trinajstić information content (AvgIpc) is 3.45. The quantitative estimate of drug-likeness (QED) is 0.783. The maximum absolute atomic E-state index is 9.84. The molecule has 0 saturated carbocycles. The largest absolute Gasteiger partial charge is 0.392 e. The Kier molecular flexibility index (Phi) is 3.93. The monoisotopic (exact) mass is 368 g/mol. The van der Waals surface area contributed by atoms with E-state index < -0.39 is 0 Å². The highest BCUT2D eigenvalue weighted by Crippen LogP contribution is 2.28. The van der Waals surface area contributed by atoms with Crippen LogP contribution in [0.15, 0.2) is 115 Å². The second-order valence-electron chi connectivity index (χ2n) is 6.62. The van der Waals surface area contributed by atoms with Crippen LogP contribution in [0, 0.1) is 0 Å². The molecule has 0 radical (unpaired) electrons. The lowest BCUT2D eigenvalue weighted by Crippen LogP contribution is -2.05. The summed E-state index contributed by atoms with van der Waals surface area (Å²) in [7, 11) is 0. The van der Waals surface area contributed by atoms with Crippen LogP contribution in [-0.2, 0) is 0 Å². The van der Waals surface area contributed by atoms with Crippen LogP contribution < -0.4 is 0 Å². The maximum atomic E-state index is 9.84. The van der Waals surface area contributed by atoms with Crippen molar-refractivity contribution in [2.24, 2.45) is 20.0 Å². The third-order valence-corrected chi connectivity index (χ3v) is 4.75. The van der Waals surface area contributed by atoms with Crippen LogP contribution in [0.1, 0.15) is 0 Å². The molecule has 5 heterocycles. The van der Waals surface area contributed by atoms with E-state index in [0.29, 0.717) is 22.6 Å². The van der Waals surface area contributed by atoms with Crippen molar-refractivity contribution in [3.63, 3.8) is 0 Å². The zero-order valence-corrected chi connectivity index (χ0v) is 14.9. The van der Waals surface area contributed by atoms with E-state index >= 15 is 0 Å². The number of fused-ring (bicyclic) bond motifs is 4. The molecule has 0 aromatic heterocycles. The van der Waals surface area contributed by atoms with E-state index in [4.69, 9.17) is 0 Å². The van der Waals surface area contributed by atoms with E-state index in [1.165, 1.54) is 0 Å². The predicted molar refractivity (Wildman–Crippen MR) is 111 cm³/mol. The zero-order chi connectivity index (χ0) is 19.1. The molecular weight excluding hydrogens is 352 g/mol. The fourth-order valence-electron chi connectivity index (χ4n) is 3.41. The molecule has 6 nitrogen and oxygen atoms in total. The maximum Gasteiger partial charge on any atom is 0.0718 e. The summed E-state index contributed by atoms with van der Waals surface area (Å²) < 4.78 is 0. The van der Waals surface area contributed by atoms with Crippen molar-refractivity contribution in [3.8, 4) is 0 Å². The minimum atomic E-state index is -0.213. The number of hydrogen-bond acceptors (Lipinski definition) is 6. The molecule has 0 aromatic carbocycles. The van der Waals surface area contributed by atoms with Gasteiger partial charge in [-0.2, -0.15) is 0 Å². The molecule has 28 heavy (non-hydrogen) atoms. The van der Waals surface area contributed by atoms with Gasteiger partial charge in [-0.1, -0.05) is 0 Å². The topological polar surface area (TPSA) is 89.9 Å². The standard InChI is InChI=1S/C22H16N4O2/c27-11-19-20(12-28)22-10-18-6-4-16(25-18)8-14-2-1-13(23-14)7-15-3-5-17(24-15)9-21(19)26-22/h1-10,27-28H,11-12H2. The van der Waals surface area contributed by atoms with Gasteiger partial charge in [0.15, 0.2) is 0 Å². The van der Waals surface area contributed by atoms with Crippen LogP contribution in [0.2, 0.25) is 0 Å². The van der Waals surface area contributed by atoms with Crippen molar-refractivity contribution in [3.05, 3.63) is 94.7 Å². The van der Waals surface area contributed by atoms with E-state index in [1.807, 2.05) is 60.8 Å². The number of hydrogen-bond donors (Lipinski definition) is 2. The molecule has 5 aliphatic rings. The summed E-state index contributed by atoms with van der Waals surface area (Å²) in [4.78, 5) is 18.4. The molecule has 0 saturated heterocycles. The number of aliphatic hydroxyl groups is 2. The fraction of sp³-hybridized carbons (Fsp3) is 0.0909. The molecule has 8 bridgehead atoms. The summed E-state index contributed by atoms with van der Waals surface area (Å²) in [6.07, 6.45) is 18.9. The summed E-state index contributed by atoms with van der Waals surface area (Å²) in [5.74, 6) is 0. The Morgan fingerprint density at radius 2 is 1.04 bits per heavy atom. The first kappa shape index (κ1) is 16.7. The first-order valence-corrected chi connectivity index (χ1v) is 8.92. The first-order chi connectivity index (χ1) is 13.7. The van der Waals surface area contributed by atoms with Gasteiger partial charge in [-0.25, -0.2) is 20.0 Å². The SMILES string of the molecule is OCC1=C(CO)C2=NC1=CC1=NC(=CC3=NC(=CC4=NC(=C2)C=C4)C=C3)C=C1. The fourth-order valence-corrected chi connectivity index (χ4v) is 3.41. The van der Waals surface area contributed by atoms with Gasteiger partial charge >= 0.3 is 0 Å². The first-order valence-electron chi connectivity index (χ1n) is 8.92. The van der Waals surface area contributed by atoms with Crippen molar-refractivity contribution in [2.45, 2.75) is 0 Å². The van der Waals surface area contributed by atoms with Crippen molar-refractivity contribution in [1.29, 1.82) is 0 Å². The highest BCUT2D eigenvalue weighted by molar-refractivity contribution is 6.16. The van der Waals surface area contributed by atoms with Gasteiger partial charge in [-0.3, -0.25) is 0 Å². The summed E-state index contributed by atoms with van der Waals surface area (Å²) in [6.45, 7) is -0.425. The van der Waals surface area contributed by atoms with Crippen LogP contribution in [0.25, 0.3) is 0 Å². The summed E-state index contributed by atoms with van der Waals surface area (Å²) in [5.41, 5.74) is 7.11. The van der Waals surface area contributed by atoms with Crippen molar-refractivity contribution in [2.75, 3.05) is 13.2 Å². The normalized spacial score (nSPS) is 21.9. The molecule has 0 spiro atoms. The van der Waals surface area contributed by atoms with E-state index in [2.05, 4.69) is 20.0 Å². The molecule has 136 valence electrons. The van der Waals surface area contributed by atoms with Crippen LogP contribution in [0.3, 0.4) is 0 Å². The molecular formula is C22H16N4O2. The van der Waals surface area contributed by atoms with Gasteiger partial charge in [0.05, 0.1) is 58.8 Å². The number of allylic oxidation sites excluding steroid dienone is 10. The highest BCUT2D eigenvalue weighted by atomic mass is 16.3. The molecule has 0 aromatic rings. The minimum Gasteiger partial charge on any atom is -0.392 e. The van der Waals surface area contributed by atoms with Gasteiger partial charge < -0.3 is 10.2 Å². The second-order valence-corrected chi connectivity index (χ2v) is 6.62. The number of nitrogens with zero attached hydrogens (tertiary/aromatic N) is 4. The molecule has 0 atom stereocenters. The van der Waals surface area contributed by atoms with Crippen LogP contribution in [0.4, 0.5) is 0 Å². The van der Waals surface area contributed by atoms with Crippen LogP contribution in [-0.4, -0.2) is 46.3 Å². The summed E-state index contributed by atoms with van der Waals surface area (Å²) >= 11 is 0. The third kappa shape index (κ3) is 2.94. The van der Waals surface area contributed by atoms with Gasteiger partial charge in [0.2, 0.25) is 0 Å². The number of aliphatic imine (C=N–C) groups is 4. The third-order valence-electron chi connectivity index (χ3n) is 4.75. The Hall–Kier alpha value is -3.48. The molecule has 5 rings (SSSR count). The summed E-state index contributed by atoms with van der Waals surface area (Å²) in [6, 6.07) is 0.